The second kappa shape index (κ2) is 10.7. The Morgan fingerprint density at radius 2 is 0.761 bits per heavy atom. The lowest BCUT2D eigenvalue weighted by Gasteiger charge is -2.14. The molecule has 0 spiro atoms. The molecule has 0 saturated heterocycles. The maximum Gasteiger partial charge on any atom is 0.0972 e. The monoisotopic (exact) mass is 586 g/mol. The summed E-state index contributed by atoms with van der Waals surface area (Å²) in [4.78, 5) is 20.3. The summed E-state index contributed by atoms with van der Waals surface area (Å²) in [5.74, 6) is 0. The lowest BCUT2D eigenvalue weighted by atomic mass is 9.94. The molecule has 9 aromatic rings. The van der Waals surface area contributed by atoms with E-state index in [9.17, 15) is 0 Å². The minimum atomic E-state index is 0.887. The first-order valence-electron chi connectivity index (χ1n) is 15.4. The van der Waals surface area contributed by atoms with Crippen LogP contribution in [-0.4, -0.2) is 19.9 Å². The maximum atomic E-state index is 5.28. The summed E-state index contributed by atoms with van der Waals surface area (Å²) in [5.41, 5.74) is 11.8. The van der Waals surface area contributed by atoms with Crippen LogP contribution in [0.3, 0.4) is 0 Å². The van der Waals surface area contributed by atoms with Gasteiger partial charge in [0.1, 0.15) is 0 Å². The fourth-order valence-electron chi connectivity index (χ4n) is 6.43. The van der Waals surface area contributed by atoms with E-state index < -0.39 is 0 Å². The molecule has 0 radical (unpaired) electrons. The Bertz CT molecular complexity index is 2580. The van der Waals surface area contributed by atoms with Gasteiger partial charge in [-0.05, 0) is 35.4 Å². The molecule has 0 N–H and O–H groups in total. The maximum absolute atomic E-state index is 5.28. The normalized spacial score (nSPS) is 11.5. The predicted molar refractivity (Wildman–Crippen MR) is 189 cm³/mol. The SMILES string of the molecule is c1ccc(-c2ccc3ccc4ccc(-c5ccccc5-c5ccnc6c5ccc5ccc(-c7ccccc7)nc56)nc4c3n2)cc1. The molecule has 0 bridgehead atoms. The van der Waals surface area contributed by atoms with Crippen LogP contribution in [0.1, 0.15) is 0 Å². The van der Waals surface area contributed by atoms with E-state index >= 15 is 0 Å². The van der Waals surface area contributed by atoms with Gasteiger partial charge in [0.25, 0.3) is 0 Å². The number of hydrogen-bond donors (Lipinski definition) is 0. The molecule has 0 aliphatic rings. The van der Waals surface area contributed by atoms with Gasteiger partial charge < -0.3 is 0 Å². The summed E-state index contributed by atoms with van der Waals surface area (Å²) >= 11 is 0. The average molecular weight is 587 g/mol. The molecule has 0 amide bonds. The van der Waals surface area contributed by atoms with Crippen LogP contribution in [0.25, 0.3) is 88.5 Å². The van der Waals surface area contributed by atoms with Gasteiger partial charge in [0.2, 0.25) is 0 Å². The molecule has 5 aromatic carbocycles. The third-order valence-electron chi connectivity index (χ3n) is 8.72. The zero-order valence-corrected chi connectivity index (χ0v) is 24.8. The molecule has 4 heterocycles. The minimum Gasteiger partial charge on any atom is -0.254 e. The quantitative estimate of drug-likeness (QED) is 0.193. The number of benzene rings is 5. The van der Waals surface area contributed by atoms with Crippen molar-refractivity contribution in [3.05, 3.63) is 158 Å². The molecule has 0 saturated carbocycles. The first-order chi connectivity index (χ1) is 22.8. The molecule has 0 unspecified atom stereocenters. The van der Waals surface area contributed by atoms with E-state index in [2.05, 4.69) is 115 Å². The van der Waals surface area contributed by atoms with Crippen molar-refractivity contribution >= 4 is 43.6 Å². The smallest absolute Gasteiger partial charge is 0.0972 e. The van der Waals surface area contributed by atoms with E-state index in [-0.39, 0.29) is 0 Å². The van der Waals surface area contributed by atoms with E-state index in [1.54, 1.807) is 0 Å². The second-order valence-electron chi connectivity index (χ2n) is 11.5. The topological polar surface area (TPSA) is 51.6 Å². The molecule has 4 heteroatoms. The highest BCUT2D eigenvalue weighted by molar-refractivity contribution is 6.10. The van der Waals surface area contributed by atoms with Crippen LogP contribution in [0.4, 0.5) is 0 Å². The highest BCUT2D eigenvalue weighted by Gasteiger charge is 2.15. The standard InChI is InChI=1S/C42H26N4/c1-3-9-27(10-4-1)36-22-18-29-15-16-30-20-24-38(46-40(30)39(29)44-36)34-14-8-7-13-32(34)33-25-26-43-42-35(33)21-17-31-19-23-37(45-41(31)42)28-11-5-2-6-12-28/h1-26H. The van der Waals surface area contributed by atoms with Crippen LogP contribution in [0.15, 0.2) is 158 Å². The van der Waals surface area contributed by atoms with Gasteiger partial charge in [-0.1, -0.05) is 127 Å². The Balaban J connectivity index is 1.22. The lowest BCUT2D eigenvalue weighted by Crippen LogP contribution is -1.94. The predicted octanol–water partition coefficient (Wildman–Crippen LogP) is 10.5. The van der Waals surface area contributed by atoms with Gasteiger partial charge in [-0.3, -0.25) is 4.98 Å². The van der Waals surface area contributed by atoms with Crippen LogP contribution >= 0.6 is 0 Å². The molecule has 4 aromatic heterocycles. The summed E-state index contributed by atoms with van der Waals surface area (Å²) < 4.78 is 0. The number of hydrogen-bond acceptors (Lipinski definition) is 4. The van der Waals surface area contributed by atoms with Gasteiger partial charge in [-0.25, -0.2) is 15.0 Å². The summed E-state index contributed by atoms with van der Waals surface area (Å²) in [6, 6.07) is 52.4. The van der Waals surface area contributed by atoms with Gasteiger partial charge in [-0.2, -0.15) is 0 Å². The van der Waals surface area contributed by atoms with Gasteiger partial charge in [-0.15, -0.1) is 0 Å². The second-order valence-corrected chi connectivity index (χ2v) is 11.5. The number of fused-ring (bicyclic) bond motifs is 6. The molecule has 0 fully saturated rings. The van der Waals surface area contributed by atoms with Gasteiger partial charge >= 0.3 is 0 Å². The Morgan fingerprint density at radius 3 is 1.37 bits per heavy atom. The first-order valence-corrected chi connectivity index (χ1v) is 15.4. The molecular formula is C42H26N4. The number of aromatic nitrogens is 4. The molecule has 214 valence electrons. The van der Waals surface area contributed by atoms with Crippen LogP contribution in [0.5, 0.6) is 0 Å². The Kier molecular flexibility index (Phi) is 6.10. The third-order valence-corrected chi connectivity index (χ3v) is 8.72. The van der Waals surface area contributed by atoms with Crippen molar-refractivity contribution in [3.8, 4) is 44.9 Å². The minimum absolute atomic E-state index is 0.887. The van der Waals surface area contributed by atoms with Crippen molar-refractivity contribution in [3.63, 3.8) is 0 Å². The average Bonchev–Trinajstić information content (AvgIpc) is 3.14. The third kappa shape index (κ3) is 4.39. The first kappa shape index (κ1) is 26.2. The van der Waals surface area contributed by atoms with E-state index in [4.69, 9.17) is 19.9 Å². The number of rotatable bonds is 4. The van der Waals surface area contributed by atoms with Crippen LogP contribution in [0, 0.1) is 0 Å². The highest BCUT2D eigenvalue weighted by Crippen LogP contribution is 2.38. The Labute approximate surface area is 265 Å². The van der Waals surface area contributed by atoms with Gasteiger partial charge in [0.15, 0.2) is 0 Å². The van der Waals surface area contributed by atoms with Crippen molar-refractivity contribution in [2.24, 2.45) is 0 Å². The van der Waals surface area contributed by atoms with Crippen molar-refractivity contribution in [2.45, 2.75) is 0 Å². The van der Waals surface area contributed by atoms with Crippen molar-refractivity contribution in [1.82, 2.24) is 19.9 Å². The molecule has 4 nitrogen and oxygen atoms in total. The number of nitrogens with zero attached hydrogens (tertiary/aromatic N) is 4. The number of pyridine rings is 4. The molecule has 0 aliphatic heterocycles. The van der Waals surface area contributed by atoms with Crippen molar-refractivity contribution in [1.29, 1.82) is 0 Å². The van der Waals surface area contributed by atoms with Crippen LogP contribution < -0.4 is 0 Å². The van der Waals surface area contributed by atoms with Crippen molar-refractivity contribution in [2.75, 3.05) is 0 Å². The molecule has 46 heavy (non-hydrogen) atoms. The van der Waals surface area contributed by atoms with Gasteiger partial charge in [0, 0.05) is 44.4 Å². The zero-order chi connectivity index (χ0) is 30.5. The summed E-state index contributed by atoms with van der Waals surface area (Å²) in [6.45, 7) is 0. The van der Waals surface area contributed by atoms with Crippen molar-refractivity contribution < 1.29 is 0 Å². The summed E-state index contributed by atoms with van der Waals surface area (Å²) in [5, 5.41) is 4.25. The summed E-state index contributed by atoms with van der Waals surface area (Å²) in [7, 11) is 0. The van der Waals surface area contributed by atoms with E-state index in [1.807, 2.05) is 42.6 Å². The van der Waals surface area contributed by atoms with Crippen LogP contribution in [-0.2, 0) is 0 Å². The van der Waals surface area contributed by atoms with E-state index in [0.717, 1.165) is 88.5 Å². The molecule has 0 atom stereocenters. The van der Waals surface area contributed by atoms with E-state index in [0.29, 0.717) is 0 Å². The lowest BCUT2D eigenvalue weighted by molar-refractivity contribution is 1.36. The van der Waals surface area contributed by atoms with Crippen LogP contribution in [0.2, 0.25) is 0 Å². The van der Waals surface area contributed by atoms with E-state index in [1.165, 1.54) is 0 Å². The molecular weight excluding hydrogens is 560 g/mol. The fraction of sp³-hybridized carbons (Fsp3) is 0. The highest BCUT2D eigenvalue weighted by atomic mass is 14.8. The molecule has 9 rings (SSSR count). The zero-order valence-electron chi connectivity index (χ0n) is 24.8. The summed E-state index contributed by atoms with van der Waals surface area (Å²) in [6.07, 6.45) is 1.89. The Morgan fingerprint density at radius 1 is 0.304 bits per heavy atom. The fourth-order valence-corrected chi connectivity index (χ4v) is 6.43. The largest absolute Gasteiger partial charge is 0.254 e. The molecule has 0 aliphatic carbocycles. The van der Waals surface area contributed by atoms with Gasteiger partial charge in [0.05, 0.1) is 39.1 Å². The Hall–Kier alpha value is -6.26.